The number of benzene rings is 2. The zero-order valence-electron chi connectivity index (χ0n) is 16.8. The third kappa shape index (κ3) is 4.20. The molecule has 154 valence electrons. The number of anilines is 1. The fraction of sp³-hybridized carbons (Fsp3) is 0.261. The van der Waals surface area contributed by atoms with Gasteiger partial charge in [0, 0.05) is 18.8 Å². The number of para-hydroxylation sites is 2. The highest BCUT2D eigenvalue weighted by Gasteiger charge is 2.31. The lowest BCUT2D eigenvalue weighted by molar-refractivity contribution is -0.121. The fourth-order valence-corrected chi connectivity index (χ4v) is 3.66. The van der Waals surface area contributed by atoms with E-state index in [0.717, 1.165) is 24.2 Å². The molecule has 1 fully saturated rings. The first kappa shape index (κ1) is 19.7. The topological polar surface area (TPSA) is 76.5 Å². The summed E-state index contributed by atoms with van der Waals surface area (Å²) in [5, 5.41) is 7.40. The molecule has 0 unspecified atom stereocenters. The van der Waals surface area contributed by atoms with Gasteiger partial charge in [-0.15, -0.1) is 0 Å². The Morgan fingerprint density at radius 1 is 1.07 bits per heavy atom. The van der Waals surface area contributed by atoms with Crippen molar-refractivity contribution in [2.24, 2.45) is 5.92 Å². The summed E-state index contributed by atoms with van der Waals surface area (Å²) in [6.45, 7) is 0.953. The highest BCUT2D eigenvalue weighted by molar-refractivity contribution is 5.96. The number of nitrogens with zero attached hydrogens (tertiary/aromatic N) is 3. The first-order valence-electron chi connectivity index (χ1n) is 10.00. The molecule has 2 amide bonds. The van der Waals surface area contributed by atoms with Crippen LogP contribution in [0.5, 0.6) is 5.75 Å². The summed E-state index contributed by atoms with van der Waals surface area (Å²) in [5.74, 6) is -0.135. The lowest BCUT2D eigenvalue weighted by Gasteiger charge is -2.31. The lowest BCUT2D eigenvalue weighted by atomic mass is 9.96. The van der Waals surface area contributed by atoms with Crippen LogP contribution < -0.4 is 10.1 Å². The van der Waals surface area contributed by atoms with Gasteiger partial charge in [-0.05, 0) is 37.1 Å². The van der Waals surface area contributed by atoms with Crippen molar-refractivity contribution >= 4 is 17.5 Å². The van der Waals surface area contributed by atoms with Crippen LogP contribution in [0.15, 0.2) is 66.9 Å². The molecule has 1 aromatic heterocycles. The predicted octanol–water partition coefficient (Wildman–Crippen LogP) is 3.37. The minimum absolute atomic E-state index is 0.0690. The summed E-state index contributed by atoms with van der Waals surface area (Å²) in [6.07, 6.45) is 3.21. The van der Waals surface area contributed by atoms with E-state index in [-0.39, 0.29) is 23.4 Å². The Morgan fingerprint density at radius 3 is 2.47 bits per heavy atom. The number of carbonyl (C=O) groups excluding carboxylic acids is 2. The molecule has 7 heteroatoms. The standard InChI is InChI=1S/C23H24N4O3/c1-30-20-16-27(19-12-6-3-7-13-19)25-21(20)23(29)26-14-8-9-17(15-26)22(28)24-18-10-4-2-5-11-18/h2-7,10-13,16-17H,8-9,14-15H2,1H3,(H,24,28)/t17-/m0/s1. The summed E-state index contributed by atoms with van der Waals surface area (Å²) < 4.78 is 7.04. The lowest BCUT2D eigenvalue weighted by Crippen LogP contribution is -2.44. The first-order chi connectivity index (χ1) is 14.7. The first-order valence-corrected chi connectivity index (χ1v) is 10.00. The van der Waals surface area contributed by atoms with Crippen molar-refractivity contribution in [1.29, 1.82) is 0 Å². The number of amides is 2. The van der Waals surface area contributed by atoms with Gasteiger partial charge in [0.1, 0.15) is 0 Å². The van der Waals surface area contributed by atoms with E-state index in [1.54, 1.807) is 15.8 Å². The van der Waals surface area contributed by atoms with Gasteiger partial charge in [-0.1, -0.05) is 36.4 Å². The number of hydrogen-bond donors (Lipinski definition) is 1. The van der Waals surface area contributed by atoms with Gasteiger partial charge in [-0.2, -0.15) is 5.10 Å². The van der Waals surface area contributed by atoms with Gasteiger partial charge in [-0.25, -0.2) is 4.68 Å². The molecule has 0 bridgehead atoms. The molecule has 0 aliphatic carbocycles. The van der Waals surface area contributed by atoms with E-state index in [1.165, 1.54) is 7.11 Å². The average molecular weight is 404 g/mol. The number of rotatable bonds is 5. The second-order valence-corrected chi connectivity index (χ2v) is 7.27. The molecule has 2 aromatic carbocycles. The average Bonchev–Trinajstić information content (AvgIpc) is 3.24. The van der Waals surface area contributed by atoms with Crippen LogP contribution in [0.2, 0.25) is 0 Å². The number of ether oxygens (including phenoxy) is 1. The van der Waals surface area contributed by atoms with Gasteiger partial charge in [0.05, 0.1) is 24.9 Å². The van der Waals surface area contributed by atoms with E-state index in [9.17, 15) is 9.59 Å². The Kier molecular flexibility index (Phi) is 5.79. The summed E-state index contributed by atoms with van der Waals surface area (Å²) >= 11 is 0. The molecule has 1 saturated heterocycles. The molecular weight excluding hydrogens is 380 g/mol. The number of hydrogen-bond acceptors (Lipinski definition) is 4. The number of nitrogens with one attached hydrogen (secondary N) is 1. The van der Waals surface area contributed by atoms with Gasteiger partial charge in [-0.3, -0.25) is 9.59 Å². The number of methoxy groups -OCH3 is 1. The molecular formula is C23H24N4O3. The Bertz CT molecular complexity index is 1020. The van der Waals surface area contributed by atoms with Crippen LogP contribution in [-0.4, -0.2) is 46.7 Å². The van der Waals surface area contributed by atoms with Gasteiger partial charge in [0.2, 0.25) is 5.91 Å². The maximum atomic E-state index is 13.2. The molecule has 2 heterocycles. The van der Waals surface area contributed by atoms with Crippen molar-refractivity contribution in [2.75, 3.05) is 25.5 Å². The number of likely N-dealkylation sites (tertiary alicyclic amines) is 1. The fourth-order valence-electron chi connectivity index (χ4n) is 3.66. The maximum Gasteiger partial charge on any atom is 0.278 e. The minimum atomic E-state index is -0.259. The number of piperidine rings is 1. The van der Waals surface area contributed by atoms with E-state index in [1.807, 2.05) is 60.7 Å². The zero-order chi connectivity index (χ0) is 20.9. The molecule has 3 aromatic rings. The summed E-state index contributed by atoms with van der Waals surface area (Å²) in [7, 11) is 1.52. The molecule has 1 N–H and O–H groups in total. The van der Waals surface area contributed by atoms with E-state index in [4.69, 9.17) is 4.74 Å². The van der Waals surface area contributed by atoms with Crippen molar-refractivity contribution in [3.05, 3.63) is 72.6 Å². The molecule has 0 spiro atoms. The predicted molar refractivity (Wildman–Crippen MR) is 114 cm³/mol. The normalized spacial score (nSPS) is 16.2. The number of carbonyl (C=O) groups is 2. The second kappa shape index (κ2) is 8.82. The molecule has 4 rings (SSSR count). The van der Waals surface area contributed by atoms with Gasteiger partial charge in [0.15, 0.2) is 11.4 Å². The van der Waals surface area contributed by atoms with E-state index in [2.05, 4.69) is 10.4 Å². The smallest absolute Gasteiger partial charge is 0.278 e. The van der Waals surface area contributed by atoms with E-state index < -0.39 is 0 Å². The van der Waals surface area contributed by atoms with Crippen molar-refractivity contribution in [3.8, 4) is 11.4 Å². The van der Waals surface area contributed by atoms with Crippen LogP contribution in [0.4, 0.5) is 5.69 Å². The highest BCUT2D eigenvalue weighted by Crippen LogP contribution is 2.25. The minimum Gasteiger partial charge on any atom is -0.493 e. The summed E-state index contributed by atoms with van der Waals surface area (Å²) in [5.41, 5.74) is 1.85. The second-order valence-electron chi connectivity index (χ2n) is 7.27. The Morgan fingerprint density at radius 2 is 1.77 bits per heavy atom. The molecule has 1 atom stereocenters. The molecule has 0 saturated carbocycles. The maximum absolute atomic E-state index is 13.2. The molecule has 7 nitrogen and oxygen atoms in total. The van der Waals surface area contributed by atoms with Crippen LogP contribution in [0.1, 0.15) is 23.3 Å². The third-order valence-electron chi connectivity index (χ3n) is 5.24. The Balaban J connectivity index is 1.49. The monoisotopic (exact) mass is 404 g/mol. The Labute approximate surface area is 175 Å². The highest BCUT2D eigenvalue weighted by atomic mass is 16.5. The quantitative estimate of drug-likeness (QED) is 0.707. The van der Waals surface area contributed by atoms with Gasteiger partial charge in [0.25, 0.3) is 5.91 Å². The van der Waals surface area contributed by atoms with Crippen molar-refractivity contribution < 1.29 is 14.3 Å². The van der Waals surface area contributed by atoms with Gasteiger partial charge < -0.3 is 15.0 Å². The number of aromatic nitrogens is 2. The van der Waals surface area contributed by atoms with Gasteiger partial charge >= 0.3 is 0 Å². The molecule has 30 heavy (non-hydrogen) atoms. The molecule has 0 radical (unpaired) electrons. The van der Waals surface area contributed by atoms with E-state index >= 15 is 0 Å². The summed E-state index contributed by atoms with van der Waals surface area (Å²) in [4.78, 5) is 27.6. The van der Waals surface area contributed by atoms with Crippen LogP contribution in [0.3, 0.4) is 0 Å². The summed E-state index contributed by atoms with van der Waals surface area (Å²) in [6, 6.07) is 18.9. The Hall–Kier alpha value is -3.61. The third-order valence-corrected chi connectivity index (χ3v) is 5.24. The zero-order valence-corrected chi connectivity index (χ0v) is 16.8. The SMILES string of the molecule is COc1cn(-c2ccccc2)nc1C(=O)N1CCC[C@H](C(=O)Nc2ccccc2)C1. The van der Waals surface area contributed by atoms with Crippen LogP contribution in [-0.2, 0) is 4.79 Å². The van der Waals surface area contributed by atoms with Crippen molar-refractivity contribution in [1.82, 2.24) is 14.7 Å². The largest absolute Gasteiger partial charge is 0.493 e. The molecule has 1 aliphatic rings. The van der Waals surface area contributed by atoms with Crippen molar-refractivity contribution in [3.63, 3.8) is 0 Å². The van der Waals surface area contributed by atoms with Crippen LogP contribution in [0.25, 0.3) is 5.69 Å². The van der Waals surface area contributed by atoms with Crippen molar-refractivity contribution in [2.45, 2.75) is 12.8 Å². The molecule has 1 aliphatic heterocycles. The van der Waals surface area contributed by atoms with E-state index in [0.29, 0.717) is 18.8 Å². The van der Waals surface area contributed by atoms with Crippen LogP contribution >= 0.6 is 0 Å². The van der Waals surface area contributed by atoms with Crippen LogP contribution in [0, 0.1) is 5.92 Å².